The van der Waals surface area contributed by atoms with Crippen molar-refractivity contribution in [3.8, 4) is 5.75 Å². The van der Waals surface area contributed by atoms with Crippen molar-refractivity contribution < 1.29 is 9.53 Å². The number of rotatable bonds is 5. The minimum Gasteiger partial charge on any atom is -0.491 e. The van der Waals surface area contributed by atoms with Gasteiger partial charge in [-0.3, -0.25) is 4.79 Å². The summed E-state index contributed by atoms with van der Waals surface area (Å²) >= 11 is 0. The van der Waals surface area contributed by atoms with Crippen molar-refractivity contribution in [2.24, 2.45) is 0 Å². The lowest BCUT2D eigenvalue weighted by Crippen LogP contribution is -2.26. The highest BCUT2D eigenvalue weighted by molar-refractivity contribution is 5.94. The highest BCUT2D eigenvalue weighted by atomic mass is 16.5. The molecule has 21 heavy (non-hydrogen) atoms. The quantitative estimate of drug-likeness (QED) is 0.901. The zero-order valence-corrected chi connectivity index (χ0v) is 12.7. The first kappa shape index (κ1) is 15.1. The second kappa shape index (κ2) is 6.93. The van der Waals surface area contributed by atoms with Gasteiger partial charge in [0.2, 0.25) is 0 Å². The standard InChI is InChI=1S/C18H21NO2/c1-13(2)21-17-11-7-10-16(12-17)18(20)19-14(3)15-8-5-4-6-9-15/h4-14H,1-3H3,(H,19,20)/t14-/m0/s1. The lowest BCUT2D eigenvalue weighted by molar-refractivity contribution is 0.0939. The minimum atomic E-state index is -0.0967. The molecule has 0 aliphatic rings. The van der Waals surface area contributed by atoms with Crippen LogP contribution in [0.25, 0.3) is 0 Å². The molecule has 110 valence electrons. The monoisotopic (exact) mass is 283 g/mol. The van der Waals surface area contributed by atoms with Crippen LogP contribution in [0.4, 0.5) is 0 Å². The van der Waals surface area contributed by atoms with E-state index in [0.29, 0.717) is 11.3 Å². The Hall–Kier alpha value is -2.29. The van der Waals surface area contributed by atoms with Gasteiger partial charge in [-0.05, 0) is 44.5 Å². The fourth-order valence-electron chi connectivity index (χ4n) is 2.09. The first-order chi connectivity index (χ1) is 10.1. The first-order valence-electron chi connectivity index (χ1n) is 7.19. The second-order valence-electron chi connectivity index (χ2n) is 5.30. The molecule has 2 aromatic carbocycles. The molecule has 0 saturated carbocycles. The Bertz CT molecular complexity index is 593. The number of hydrogen-bond donors (Lipinski definition) is 1. The highest BCUT2D eigenvalue weighted by Gasteiger charge is 2.12. The van der Waals surface area contributed by atoms with Gasteiger partial charge in [-0.15, -0.1) is 0 Å². The van der Waals surface area contributed by atoms with E-state index in [4.69, 9.17) is 4.74 Å². The third-order valence-corrected chi connectivity index (χ3v) is 3.12. The number of benzene rings is 2. The van der Waals surface area contributed by atoms with Gasteiger partial charge in [-0.1, -0.05) is 36.4 Å². The molecular formula is C18H21NO2. The van der Waals surface area contributed by atoms with E-state index in [9.17, 15) is 4.79 Å². The average molecular weight is 283 g/mol. The van der Waals surface area contributed by atoms with E-state index < -0.39 is 0 Å². The van der Waals surface area contributed by atoms with Gasteiger partial charge in [0, 0.05) is 5.56 Å². The SMILES string of the molecule is CC(C)Oc1cccc(C(=O)N[C@@H](C)c2ccccc2)c1. The summed E-state index contributed by atoms with van der Waals surface area (Å²) in [5.41, 5.74) is 1.69. The molecule has 1 atom stereocenters. The Morgan fingerprint density at radius 3 is 2.38 bits per heavy atom. The third kappa shape index (κ3) is 4.35. The maximum absolute atomic E-state index is 12.3. The zero-order valence-electron chi connectivity index (χ0n) is 12.7. The summed E-state index contributed by atoms with van der Waals surface area (Å²) in [7, 11) is 0. The molecule has 0 saturated heterocycles. The van der Waals surface area contributed by atoms with E-state index >= 15 is 0 Å². The van der Waals surface area contributed by atoms with Crippen molar-refractivity contribution in [2.45, 2.75) is 32.9 Å². The van der Waals surface area contributed by atoms with Gasteiger partial charge in [-0.2, -0.15) is 0 Å². The van der Waals surface area contributed by atoms with Crippen LogP contribution in [0.2, 0.25) is 0 Å². The van der Waals surface area contributed by atoms with Gasteiger partial charge in [0.15, 0.2) is 0 Å². The lowest BCUT2D eigenvalue weighted by Gasteiger charge is -2.15. The van der Waals surface area contributed by atoms with E-state index in [2.05, 4.69) is 5.32 Å². The maximum atomic E-state index is 12.3. The van der Waals surface area contributed by atoms with Gasteiger partial charge in [-0.25, -0.2) is 0 Å². The summed E-state index contributed by atoms with van der Waals surface area (Å²) in [6.07, 6.45) is 0.0894. The van der Waals surface area contributed by atoms with Crippen molar-refractivity contribution in [3.05, 3.63) is 65.7 Å². The molecule has 0 heterocycles. The van der Waals surface area contributed by atoms with E-state index in [1.54, 1.807) is 12.1 Å². The number of nitrogens with one attached hydrogen (secondary N) is 1. The van der Waals surface area contributed by atoms with Gasteiger partial charge in [0.1, 0.15) is 5.75 Å². The average Bonchev–Trinajstić information content (AvgIpc) is 2.47. The molecule has 1 amide bonds. The fraction of sp³-hybridized carbons (Fsp3) is 0.278. The largest absolute Gasteiger partial charge is 0.491 e. The van der Waals surface area contributed by atoms with E-state index in [1.807, 2.05) is 63.2 Å². The highest BCUT2D eigenvalue weighted by Crippen LogP contribution is 2.17. The summed E-state index contributed by atoms with van der Waals surface area (Å²) in [5, 5.41) is 3.00. The van der Waals surface area contributed by atoms with Crippen molar-refractivity contribution in [1.82, 2.24) is 5.32 Å². The third-order valence-electron chi connectivity index (χ3n) is 3.12. The van der Waals surface area contributed by atoms with Gasteiger partial charge >= 0.3 is 0 Å². The molecule has 0 aromatic heterocycles. The topological polar surface area (TPSA) is 38.3 Å². The summed E-state index contributed by atoms with van der Waals surface area (Å²) in [4.78, 5) is 12.3. The molecular weight excluding hydrogens is 262 g/mol. The number of amides is 1. The van der Waals surface area contributed by atoms with Crippen LogP contribution in [0.5, 0.6) is 5.75 Å². The van der Waals surface area contributed by atoms with Gasteiger partial charge in [0.05, 0.1) is 12.1 Å². The van der Waals surface area contributed by atoms with Crippen LogP contribution in [0.1, 0.15) is 42.7 Å². The molecule has 0 aliphatic heterocycles. The number of hydrogen-bond acceptors (Lipinski definition) is 2. The van der Waals surface area contributed by atoms with Crippen molar-refractivity contribution in [1.29, 1.82) is 0 Å². The predicted octanol–water partition coefficient (Wildman–Crippen LogP) is 3.96. The molecule has 0 bridgehead atoms. The number of carbonyl (C=O) groups is 1. The molecule has 3 heteroatoms. The number of carbonyl (C=O) groups excluding carboxylic acids is 1. The molecule has 0 radical (unpaired) electrons. The van der Waals surface area contributed by atoms with Gasteiger partial charge in [0.25, 0.3) is 5.91 Å². The van der Waals surface area contributed by atoms with Crippen LogP contribution in [0, 0.1) is 0 Å². The molecule has 0 unspecified atom stereocenters. The Balaban J connectivity index is 2.06. The predicted molar refractivity (Wildman–Crippen MR) is 84.5 cm³/mol. The smallest absolute Gasteiger partial charge is 0.251 e. The summed E-state index contributed by atoms with van der Waals surface area (Å²) in [6.45, 7) is 5.90. The van der Waals surface area contributed by atoms with E-state index in [1.165, 1.54) is 0 Å². The first-order valence-corrected chi connectivity index (χ1v) is 7.19. The van der Waals surface area contributed by atoms with Crippen LogP contribution < -0.4 is 10.1 Å². The maximum Gasteiger partial charge on any atom is 0.251 e. The van der Waals surface area contributed by atoms with Crippen LogP contribution in [0.3, 0.4) is 0 Å². The number of ether oxygens (including phenoxy) is 1. The van der Waals surface area contributed by atoms with E-state index in [-0.39, 0.29) is 18.1 Å². The second-order valence-corrected chi connectivity index (χ2v) is 5.30. The molecule has 2 rings (SSSR count). The molecule has 3 nitrogen and oxygen atoms in total. The Labute approximate surface area is 126 Å². The molecule has 0 spiro atoms. The summed E-state index contributed by atoms with van der Waals surface area (Å²) in [5.74, 6) is 0.616. The summed E-state index contributed by atoms with van der Waals surface area (Å²) in [6, 6.07) is 17.1. The molecule has 2 aromatic rings. The van der Waals surface area contributed by atoms with Crippen molar-refractivity contribution >= 4 is 5.91 Å². The van der Waals surface area contributed by atoms with Crippen molar-refractivity contribution in [3.63, 3.8) is 0 Å². The molecule has 0 fully saturated rings. The van der Waals surface area contributed by atoms with Gasteiger partial charge < -0.3 is 10.1 Å². The minimum absolute atomic E-state index is 0.0339. The molecule has 1 N–H and O–H groups in total. The Kier molecular flexibility index (Phi) is 4.99. The lowest BCUT2D eigenvalue weighted by atomic mass is 10.1. The van der Waals surface area contributed by atoms with E-state index in [0.717, 1.165) is 5.56 Å². The normalized spacial score (nSPS) is 12.0. The summed E-state index contributed by atoms with van der Waals surface area (Å²) < 4.78 is 5.61. The zero-order chi connectivity index (χ0) is 15.2. The van der Waals surface area contributed by atoms with Crippen LogP contribution >= 0.6 is 0 Å². The van der Waals surface area contributed by atoms with Crippen LogP contribution in [0.15, 0.2) is 54.6 Å². The molecule has 0 aliphatic carbocycles. The fourth-order valence-corrected chi connectivity index (χ4v) is 2.09. The Morgan fingerprint density at radius 1 is 1.00 bits per heavy atom. The van der Waals surface area contributed by atoms with Crippen molar-refractivity contribution in [2.75, 3.05) is 0 Å². The van der Waals surface area contributed by atoms with Crippen LogP contribution in [-0.4, -0.2) is 12.0 Å². The Morgan fingerprint density at radius 2 is 1.71 bits per heavy atom. The van der Waals surface area contributed by atoms with Crippen LogP contribution in [-0.2, 0) is 0 Å².